The zero-order chi connectivity index (χ0) is 32.3. The SMILES string of the molecule is CC(C)N=C(Nc1ccccc1NC(C)C(NC(C)C)P(c1ccccc1)c1ccccc1)P(c1ccccc1)c1ccccc1. The third-order valence-corrected chi connectivity index (χ3v) is 12.6. The third kappa shape index (κ3) is 8.92. The van der Waals surface area contributed by atoms with Crippen molar-refractivity contribution in [1.29, 1.82) is 0 Å². The fourth-order valence-corrected chi connectivity index (χ4v) is 10.7. The van der Waals surface area contributed by atoms with Crippen molar-refractivity contribution in [3.63, 3.8) is 0 Å². The second kappa shape index (κ2) is 16.7. The lowest BCUT2D eigenvalue weighted by Gasteiger charge is -2.36. The summed E-state index contributed by atoms with van der Waals surface area (Å²) < 4.78 is 0. The molecule has 5 aromatic carbocycles. The number of hydrogen-bond donors (Lipinski definition) is 3. The first-order valence-corrected chi connectivity index (χ1v) is 18.9. The van der Waals surface area contributed by atoms with E-state index < -0.39 is 15.8 Å². The van der Waals surface area contributed by atoms with E-state index in [0.717, 1.165) is 17.0 Å². The van der Waals surface area contributed by atoms with Crippen molar-refractivity contribution in [2.75, 3.05) is 10.6 Å². The van der Waals surface area contributed by atoms with E-state index in [1.54, 1.807) is 0 Å². The molecule has 4 nitrogen and oxygen atoms in total. The summed E-state index contributed by atoms with van der Waals surface area (Å²) in [5.41, 5.74) is 3.09. The minimum absolute atomic E-state index is 0.118. The van der Waals surface area contributed by atoms with Crippen molar-refractivity contribution in [1.82, 2.24) is 5.32 Å². The van der Waals surface area contributed by atoms with Crippen LogP contribution in [0.5, 0.6) is 0 Å². The zero-order valence-corrected chi connectivity index (χ0v) is 29.3. The molecule has 2 unspecified atom stereocenters. The van der Waals surface area contributed by atoms with Crippen molar-refractivity contribution >= 4 is 54.0 Å². The molecule has 0 aliphatic rings. The molecule has 0 bridgehead atoms. The van der Waals surface area contributed by atoms with E-state index in [4.69, 9.17) is 4.99 Å². The lowest BCUT2D eigenvalue weighted by atomic mass is 10.2. The number of hydrogen-bond acceptors (Lipinski definition) is 3. The molecule has 6 heteroatoms. The Morgan fingerprint density at radius 2 is 0.935 bits per heavy atom. The van der Waals surface area contributed by atoms with Gasteiger partial charge < -0.3 is 16.0 Å². The first-order chi connectivity index (χ1) is 22.4. The maximum atomic E-state index is 5.23. The van der Waals surface area contributed by atoms with Gasteiger partial charge in [-0.3, -0.25) is 4.99 Å². The molecule has 0 saturated heterocycles. The van der Waals surface area contributed by atoms with Gasteiger partial charge in [0.1, 0.15) is 5.58 Å². The van der Waals surface area contributed by atoms with Gasteiger partial charge in [0.05, 0.1) is 17.2 Å². The van der Waals surface area contributed by atoms with Crippen molar-refractivity contribution in [2.45, 2.75) is 58.5 Å². The highest BCUT2D eigenvalue weighted by atomic mass is 31.1. The number of nitrogens with zero attached hydrogens (tertiary/aromatic N) is 1. The number of para-hydroxylation sites is 2. The van der Waals surface area contributed by atoms with E-state index in [9.17, 15) is 0 Å². The van der Waals surface area contributed by atoms with Gasteiger partial charge >= 0.3 is 0 Å². The Bertz CT molecular complexity index is 1570. The Labute approximate surface area is 278 Å². The summed E-state index contributed by atoms with van der Waals surface area (Å²) >= 11 is 0. The predicted octanol–water partition coefficient (Wildman–Crippen LogP) is 8.25. The summed E-state index contributed by atoms with van der Waals surface area (Å²) in [5.74, 6) is 0.183. The molecular weight excluding hydrogens is 598 g/mol. The van der Waals surface area contributed by atoms with E-state index in [-0.39, 0.29) is 17.9 Å². The van der Waals surface area contributed by atoms with Crippen LogP contribution in [0.15, 0.2) is 151 Å². The van der Waals surface area contributed by atoms with Crippen LogP contribution in [0.2, 0.25) is 0 Å². The number of benzene rings is 5. The van der Waals surface area contributed by atoms with Crippen molar-refractivity contribution in [3.8, 4) is 0 Å². The molecule has 3 N–H and O–H groups in total. The molecule has 0 aliphatic heterocycles. The van der Waals surface area contributed by atoms with Gasteiger partial charge in [0.15, 0.2) is 0 Å². The van der Waals surface area contributed by atoms with Crippen LogP contribution in [0.1, 0.15) is 34.6 Å². The molecular formula is C40H46N4P2. The second-order valence-corrected chi connectivity index (χ2v) is 16.4. The number of anilines is 2. The maximum Gasteiger partial charge on any atom is 0.133 e. The molecule has 2 atom stereocenters. The minimum atomic E-state index is -0.896. The Kier molecular flexibility index (Phi) is 12.2. The van der Waals surface area contributed by atoms with E-state index >= 15 is 0 Å². The lowest BCUT2D eigenvalue weighted by molar-refractivity contribution is 0.524. The normalized spacial score (nSPS) is 13.3. The molecule has 236 valence electrons. The summed E-state index contributed by atoms with van der Waals surface area (Å²) in [7, 11) is -1.60. The molecule has 0 saturated carbocycles. The molecule has 0 amide bonds. The highest BCUT2D eigenvalue weighted by Crippen LogP contribution is 2.42. The van der Waals surface area contributed by atoms with Crippen molar-refractivity contribution in [3.05, 3.63) is 146 Å². The van der Waals surface area contributed by atoms with Crippen molar-refractivity contribution in [2.24, 2.45) is 4.99 Å². The number of nitrogens with one attached hydrogen (secondary N) is 3. The van der Waals surface area contributed by atoms with Crippen LogP contribution in [0.25, 0.3) is 0 Å². The highest BCUT2D eigenvalue weighted by Gasteiger charge is 2.30. The van der Waals surface area contributed by atoms with Gasteiger partial charge in [-0.05, 0) is 62.0 Å². The minimum Gasteiger partial charge on any atom is -0.379 e. The summed E-state index contributed by atoms with van der Waals surface area (Å²) in [5, 5.41) is 17.1. The first-order valence-electron chi connectivity index (χ1n) is 16.2. The smallest absolute Gasteiger partial charge is 0.133 e. The predicted molar refractivity (Wildman–Crippen MR) is 206 cm³/mol. The standard InChI is InChI=1S/C40H46N4P2/c1-30(2)41-39(45(33-20-10-6-11-21-33)34-22-12-7-13-23-34)32(5)43-37-28-18-19-29-38(37)44-40(42-31(3)4)46(35-24-14-8-15-25-35)36-26-16-9-17-27-36/h6-32,39,41,43H,1-5H3,(H,42,44). The Morgan fingerprint density at radius 1 is 0.522 bits per heavy atom. The van der Waals surface area contributed by atoms with Crippen LogP contribution < -0.4 is 37.2 Å². The zero-order valence-electron chi connectivity index (χ0n) is 27.5. The molecule has 0 radical (unpaired) electrons. The van der Waals surface area contributed by atoms with Crippen molar-refractivity contribution < 1.29 is 0 Å². The van der Waals surface area contributed by atoms with Crippen LogP contribution in [-0.4, -0.2) is 29.5 Å². The molecule has 0 heterocycles. The molecule has 0 aromatic heterocycles. The fourth-order valence-electron chi connectivity index (χ4n) is 5.53. The molecule has 0 fully saturated rings. The molecule has 0 spiro atoms. The van der Waals surface area contributed by atoms with Gasteiger partial charge in [0.25, 0.3) is 0 Å². The quantitative estimate of drug-likeness (QED) is 0.0688. The maximum absolute atomic E-state index is 5.23. The monoisotopic (exact) mass is 644 g/mol. The van der Waals surface area contributed by atoms with Crippen LogP contribution in [0, 0.1) is 0 Å². The van der Waals surface area contributed by atoms with Gasteiger partial charge in [-0.1, -0.05) is 147 Å². The number of aliphatic imine (C=N–C) groups is 1. The third-order valence-electron chi connectivity index (χ3n) is 7.50. The summed E-state index contributed by atoms with van der Waals surface area (Å²) in [6, 6.07) is 52.6. The van der Waals surface area contributed by atoms with E-state index in [1.807, 2.05) is 0 Å². The summed E-state index contributed by atoms with van der Waals surface area (Å²) in [6.07, 6.45) is 0. The van der Waals surface area contributed by atoms with E-state index in [2.05, 4.69) is 196 Å². The average molecular weight is 645 g/mol. The van der Waals surface area contributed by atoms with Gasteiger partial charge in [0.2, 0.25) is 0 Å². The van der Waals surface area contributed by atoms with Crippen LogP contribution in [-0.2, 0) is 0 Å². The molecule has 46 heavy (non-hydrogen) atoms. The summed E-state index contributed by atoms with van der Waals surface area (Å²) in [4.78, 5) is 5.23. The van der Waals surface area contributed by atoms with Crippen LogP contribution in [0.4, 0.5) is 11.4 Å². The largest absolute Gasteiger partial charge is 0.379 e. The summed E-state index contributed by atoms with van der Waals surface area (Å²) in [6.45, 7) is 11.1. The van der Waals surface area contributed by atoms with Gasteiger partial charge in [-0.25, -0.2) is 0 Å². The van der Waals surface area contributed by atoms with E-state index in [1.165, 1.54) is 21.2 Å². The van der Waals surface area contributed by atoms with Gasteiger partial charge in [0, 0.05) is 26.0 Å². The lowest BCUT2D eigenvalue weighted by Crippen LogP contribution is -2.47. The Hall–Kier alpha value is -3.81. The molecule has 5 aromatic rings. The first kappa shape index (κ1) is 33.6. The topological polar surface area (TPSA) is 48.5 Å². The van der Waals surface area contributed by atoms with Crippen LogP contribution in [0.3, 0.4) is 0 Å². The van der Waals surface area contributed by atoms with E-state index in [0.29, 0.717) is 6.04 Å². The number of amidine groups is 1. The Morgan fingerprint density at radius 3 is 1.37 bits per heavy atom. The second-order valence-electron chi connectivity index (χ2n) is 12.0. The fraction of sp³-hybridized carbons (Fsp3) is 0.225. The van der Waals surface area contributed by atoms with Gasteiger partial charge in [-0.15, -0.1) is 0 Å². The van der Waals surface area contributed by atoms with Gasteiger partial charge in [-0.2, -0.15) is 0 Å². The van der Waals surface area contributed by atoms with Crippen LogP contribution >= 0.6 is 15.8 Å². The molecule has 0 aliphatic carbocycles. The average Bonchev–Trinajstić information content (AvgIpc) is 3.07. The Balaban J connectivity index is 1.51. The molecule has 5 rings (SSSR count). The highest BCUT2D eigenvalue weighted by molar-refractivity contribution is 7.88. The number of rotatable bonds is 13.